The molecule has 0 saturated heterocycles. The lowest BCUT2D eigenvalue weighted by atomic mass is 10.3. The maximum atomic E-state index is 13.3. The summed E-state index contributed by atoms with van der Waals surface area (Å²) in [6.07, 6.45) is 0. The highest BCUT2D eigenvalue weighted by Crippen LogP contribution is 2.28. The van der Waals surface area contributed by atoms with E-state index < -0.39 is 22.9 Å². The maximum absolute atomic E-state index is 13.3. The Morgan fingerprint density at radius 1 is 1.42 bits per heavy atom. The van der Waals surface area contributed by atoms with Gasteiger partial charge < -0.3 is 9.84 Å². The molecule has 100 valence electrons. The zero-order valence-corrected chi connectivity index (χ0v) is 11.2. The van der Waals surface area contributed by atoms with Crippen molar-refractivity contribution in [1.82, 2.24) is 9.55 Å². The van der Waals surface area contributed by atoms with Crippen LogP contribution < -0.4 is 16.0 Å². The average Bonchev–Trinajstić information content (AvgIpc) is 2.38. The van der Waals surface area contributed by atoms with Crippen molar-refractivity contribution < 1.29 is 14.2 Å². The van der Waals surface area contributed by atoms with Gasteiger partial charge in [0.15, 0.2) is 0 Å². The van der Waals surface area contributed by atoms with Gasteiger partial charge in [-0.25, -0.2) is 9.36 Å². The Hall–Kier alpha value is -2.09. The van der Waals surface area contributed by atoms with Gasteiger partial charge in [-0.15, -0.1) is 0 Å². The summed E-state index contributed by atoms with van der Waals surface area (Å²) < 4.78 is 19.6. The van der Waals surface area contributed by atoms with E-state index in [0.717, 1.165) is 0 Å². The van der Waals surface area contributed by atoms with Crippen LogP contribution in [0.3, 0.4) is 0 Å². The number of hydrogen-bond donors (Lipinski definition) is 2. The van der Waals surface area contributed by atoms with Crippen LogP contribution in [-0.4, -0.2) is 21.8 Å². The standard InChI is InChI=1S/C11H8BrFN2O4/c1-19-7-4-5(2-3-6(7)12)15-10(17)8(13)9(16)14-11(15)18/h2-4,17H,1H3,(H,14,16,18). The van der Waals surface area contributed by atoms with E-state index in [9.17, 15) is 19.1 Å². The Bertz CT molecular complexity index is 753. The van der Waals surface area contributed by atoms with Crippen LogP contribution in [0.15, 0.2) is 32.3 Å². The minimum Gasteiger partial charge on any atom is -0.495 e. The molecule has 0 atom stereocenters. The third-order valence-electron chi connectivity index (χ3n) is 2.42. The number of halogens is 2. The normalized spacial score (nSPS) is 10.5. The molecule has 0 aliphatic carbocycles. The number of H-pyrrole nitrogens is 1. The topological polar surface area (TPSA) is 84.3 Å². The molecular weight excluding hydrogens is 323 g/mol. The predicted octanol–water partition coefficient (Wildman–Crippen LogP) is 1.14. The fourth-order valence-electron chi connectivity index (χ4n) is 1.53. The van der Waals surface area contributed by atoms with E-state index in [4.69, 9.17) is 4.74 Å². The van der Waals surface area contributed by atoms with Crippen LogP contribution in [0.1, 0.15) is 0 Å². The monoisotopic (exact) mass is 330 g/mol. The van der Waals surface area contributed by atoms with Crippen LogP contribution >= 0.6 is 15.9 Å². The van der Waals surface area contributed by atoms with E-state index in [1.54, 1.807) is 11.1 Å². The molecule has 1 aromatic carbocycles. The minimum atomic E-state index is -1.43. The van der Waals surface area contributed by atoms with Crippen LogP contribution in [0.5, 0.6) is 11.6 Å². The van der Waals surface area contributed by atoms with Crippen molar-refractivity contribution in [2.75, 3.05) is 7.11 Å². The number of aromatic nitrogens is 2. The number of aromatic amines is 1. The van der Waals surface area contributed by atoms with E-state index in [2.05, 4.69) is 15.9 Å². The zero-order chi connectivity index (χ0) is 14.2. The van der Waals surface area contributed by atoms with Crippen LogP contribution in [0.25, 0.3) is 5.69 Å². The molecule has 0 amide bonds. The van der Waals surface area contributed by atoms with Gasteiger partial charge in [-0.2, -0.15) is 4.39 Å². The second-order valence-electron chi connectivity index (χ2n) is 3.55. The number of ether oxygens (including phenoxy) is 1. The van der Waals surface area contributed by atoms with Crippen molar-refractivity contribution in [2.24, 2.45) is 0 Å². The summed E-state index contributed by atoms with van der Waals surface area (Å²) in [5.41, 5.74) is -2.08. The Kier molecular flexibility index (Phi) is 3.43. The van der Waals surface area contributed by atoms with Gasteiger partial charge in [0.2, 0.25) is 11.7 Å². The number of methoxy groups -OCH3 is 1. The fourth-order valence-corrected chi connectivity index (χ4v) is 1.94. The lowest BCUT2D eigenvalue weighted by Crippen LogP contribution is -2.30. The predicted molar refractivity (Wildman–Crippen MR) is 68.5 cm³/mol. The highest BCUT2D eigenvalue weighted by Gasteiger charge is 2.16. The molecule has 0 saturated carbocycles. The number of nitrogens with one attached hydrogen (secondary N) is 1. The van der Waals surface area contributed by atoms with Crippen LogP contribution in [-0.2, 0) is 0 Å². The largest absolute Gasteiger partial charge is 0.495 e. The highest BCUT2D eigenvalue weighted by molar-refractivity contribution is 9.10. The molecule has 6 nitrogen and oxygen atoms in total. The van der Waals surface area contributed by atoms with Crippen LogP contribution in [0.2, 0.25) is 0 Å². The van der Waals surface area contributed by atoms with Crippen molar-refractivity contribution in [1.29, 1.82) is 0 Å². The summed E-state index contributed by atoms with van der Waals surface area (Å²) in [5, 5.41) is 9.56. The summed E-state index contributed by atoms with van der Waals surface area (Å²) in [6, 6.07) is 4.41. The SMILES string of the molecule is COc1cc(-n2c(O)c(F)c(=O)[nH]c2=O)ccc1Br. The van der Waals surface area contributed by atoms with Gasteiger partial charge in [0.25, 0.3) is 5.56 Å². The molecule has 0 aliphatic heterocycles. The van der Waals surface area contributed by atoms with Crippen molar-refractivity contribution in [2.45, 2.75) is 0 Å². The van der Waals surface area contributed by atoms with E-state index >= 15 is 0 Å². The second kappa shape index (κ2) is 4.88. The molecule has 2 aromatic rings. The van der Waals surface area contributed by atoms with Gasteiger partial charge in [0.05, 0.1) is 17.3 Å². The summed E-state index contributed by atoms with van der Waals surface area (Å²) in [7, 11) is 1.42. The Balaban J connectivity index is 2.76. The molecule has 0 fully saturated rings. The number of nitrogens with zero attached hydrogens (tertiary/aromatic N) is 1. The number of aromatic hydroxyl groups is 1. The molecule has 8 heteroatoms. The molecule has 2 N–H and O–H groups in total. The van der Waals surface area contributed by atoms with E-state index in [0.29, 0.717) is 14.8 Å². The quantitative estimate of drug-likeness (QED) is 0.864. The van der Waals surface area contributed by atoms with Crippen molar-refractivity contribution in [3.8, 4) is 17.3 Å². The van der Waals surface area contributed by atoms with Gasteiger partial charge >= 0.3 is 5.69 Å². The van der Waals surface area contributed by atoms with Crippen molar-refractivity contribution in [3.63, 3.8) is 0 Å². The molecule has 0 spiro atoms. The Morgan fingerprint density at radius 3 is 2.74 bits per heavy atom. The summed E-state index contributed by atoms with van der Waals surface area (Å²) in [5.74, 6) is -2.10. The molecule has 19 heavy (non-hydrogen) atoms. The smallest absolute Gasteiger partial charge is 0.335 e. The summed E-state index contributed by atoms with van der Waals surface area (Å²) in [6.45, 7) is 0. The average molecular weight is 331 g/mol. The highest BCUT2D eigenvalue weighted by atomic mass is 79.9. The molecule has 2 rings (SSSR count). The van der Waals surface area contributed by atoms with Crippen molar-refractivity contribution in [3.05, 3.63) is 49.3 Å². The van der Waals surface area contributed by atoms with Gasteiger partial charge in [-0.3, -0.25) is 9.78 Å². The molecule has 1 aromatic heterocycles. The summed E-state index contributed by atoms with van der Waals surface area (Å²) >= 11 is 3.22. The second-order valence-corrected chi connectivity index (χ2v) is 4.41. The summed E-state index contributed by atoms with van der Waals surface area (Å²) in [4.78, 5) is 24.4. The molecular formula is C11H8BrFN2O4. The van der Waals surface area contributed by atoms with Crippen LogP contribution in [0, 0.1) is 5.82 Å². The van der Waals surface area contributed by atoms with Gasteiger partial charge in [-0.05, 0) is 28.1 Å². The molecule has 0 aliphatic rings. The third-order valence-corrected chi connectivity index (χ3v) is 3.08. The first kappa shape index (κ1) is 13.3. The third kappa shape index (κ3) is 2.26. The first-order chi connectivity index (χ1) is 8.95. The van der Waals surface area contributed by atoms with E-state index in [-0.39, 0.29) is 5.69 Å². The Labute approximate surface area is 114 Å². The molecule has 1 heterocycles. The van der Waals surface area contributed by atoms with Crippen molar-refractivity contribution >= 4 is 15.9 Å². The van der Waals surface area contributed by atoms with E-state index in [1.807, 2.05) is 0 Å². The lowest BCUT2D eigenvalue weighted by molar-refractivity contribution is 0.385. The number of rotatable bonds is 2. The first-order valence-electron chi connectivity index (χ1n) is 5.03. The minimum absolute atomic E-state index is 0.151. The number of benzene rings is 1. The molecule has 0 bridgehead atoms. The first-order valence-corrected chi connectivity index (χ1v) is 5.82. The van der Waals surface area contributed by atoms with Gasteiger partial charge in [0, 0.05) is 6.07 Å². The van der Waals surface area contributed by atoms with Gasteiger partial charge in [0.1, 0.15) is 5.75 Å². The molecule has 0 unspecified atom stereocenters. The number of hydrogen-bond acceptors (Lipinski definition) is 4. The fraction of sp³-hybridized carbons (Fsp3) is 0.0909. The zero-order valence-electron chi connectivity index (χ0n) is 9.61. The molecule has 0 radical (unpaired) electrons. The maximum Gasteiger partial charge on any atom is 0.335 e. The Morgan fingerprint density at radius 2 is 2.11 bits per heavy atom. The lowest BCUT2D eigenvalue weighted by Gasteiger charge is -2.10. The van der Waals surface area contributed by atoms with Gasteiger partial charge in [-0.1, -0.05) is 0 Å². The van der Waals surface area contributed by atoms with E-state index in [1.165, 1.54) is 19.2 Å². The van der Waals surface area contributed by atoms with Crippen LogP contribution in [0.4, 0.5) is 4.39 Å².